The third kappa shape index (κ3) is 2.01. The van der Waals surface area contributed by atoms with Gasteiger partial charge in [0.2, 0.25) is 0 Å². The van der Waals surface area contributed by atoms with Crippen molar-refractivity contribution in [2.45, 2.75) is 44.7 Å². The van der Waals surface area contributed by atoms with Gasteiger partial charge >= 0.3 is 0 Å². The van der Waals surface area contributed by atoms with Gasteiger partial charge in [0, 0.05) is 0 Å². The first-order valence-electron chi connectivity index (χ1n) is 5.74. The van der Waals surface area contributed by atoms with Gasteiger partial charge < -0.3 is 4.74 Å². The Kier molecular flexibility index (Phi) is 2.73. The van der Waals surface area contributed by atoms with Crippen LogP contribution in [-0.4, -0.2) is 20.3 Å². The average molecular weight is 220 g/mol. The second-order valence-corrected chi connectivity index (χ2v) is 10.1. The number of benzene rings is 1. The van der Waals surface area contributed by atoms with Crippen molar-refractivity contribution in [3.05, 3.63) is 30.3 Å². The van der Waals surface area contributed by atoms with Crippen LogP contribution in [0, 0.1) is 0 Å². The zero-order valence-electron chi connectivity index (χ0n) is 10.0. The highest BCUT2D eigenvalue weighted by Crippen LogP contribution is 2.38. The van der Waals surface area contributed by atoms with Gasteiger partial charge in [-0.15, -0.1) is 0 Å². The monoisotopic (exact) mass is 220 g/mol. The van der Waals surface area contributed by atoms with Crippen molar-refractivity contribution >= 4 is 13.3 Å². The van der Waals surface area contributed by atoms with Crippen LogP contribution in [0.4, 0.5) is 0 Å². The molecular weight excluding hydrogens is 200 g/mol. The van der Waals surface area contributed by atoms with Crippen molar-refractivity contribution < 1.29 is 4.74 Å². The highest BCUT2D eigenvalue weighted by molar-refractivity contribution is 6.91. The molecule has 0 aromatic heterocycles. The van der Waals surface area contributed by atoms with Crippen molar-refractivity contribution in [3.8, 4) is 0 Å². The Morgan fingerprint density at radius 1 is 1.20 bits per heavy atom. The molecule has 0 saturated carbocycles. The first kappa shape index (κ1) is 10.9. The Morgan fingerprint density at radius 3 is 2.20 bits per heavy atom. The van der Waals surface area contributed by atoms with Gasteiger partial charge in [-0.2, -0.15) is 0 Å². The number of rotatable bonds is 3. The molecule has 15 heavy (non-hydrogen) atoms. The van der Waals surface area contributed by atoms with E-state index in [0.717, 1.165) is 0 Å². The standard InChI is InChI=1S/C13H20OSi/c1-10-13(14-10)11(2)15(3,4)12-8-6-5-7-9-12/h5-11,13H,1-4H3/t10-,11+,13+/m1/s1. The van der Waals surface area contributed by atoms with Crippen LogP contribution in [0.5, 0.6) is 0 Å². The third-order valence-electron chi connectivity index (χ3n) is 3.91. The summed E-state index contributed by atoms with van der Waals surface area (Å²) < 4.78 is 5.62. The topological polar surface area (TPSA) is 12.5 Å². The normalized spacial score (nSPS) is 27.5. The number of hydrogen-bond donors (Lipinski definition) is 0. The van der Waals surface area contributed by atoms with E-state index in [1.807, 2.05) is 0 Å². The summed E-state index contributed by atoms with van der Waals surface area (Å²) in [7, 11) is -1.35. The molecule has 1 aliphatic rings. The van der Waals surface area contributed by atoms with E-state index in [-0.39, 0.29) is 0 Å². The summed E-state index contributed by atoms with van der Waals surface area (Å²) in [6, 6.07) is 10.9. The fraction of sp³-hybridized carbons (Fsp3) is 0.538. The second kappa shape index (κ2) is 3.76. The Labute approximate surface area is 93.5 Å². The van der Waals surface area contributed by atoms with Crippen molar-refractivity contribution in [2.75, 3.05) is 0 Å². The molecule has 3 atom stereocenters. The Bertz CT molecular complexity index is 334. The van der Waals surface area contributed by atoms with Gasteiger partial charge in [-0.1, -0.05) is 55.5 Å². The van der Waals surface area contributed by atoms with Gasteiger partial charge in [0.1, 0.15) is 0 Å². The van der Waals surface area contributed by atoms with Crippen LogP contribution in [-0.2, 0) is 4.74 Å². The minimum Gasteiger partial charge on any atom is -0.370 e. The van der Waals surface area contributed by atoms with Crippen molar-refractivity contribution in [1.29, 1.82) is 0 Å². The summed E-state index contributed by atoms with van der Waals surface area (Å²) in [6.45, 7) is 9.42. The fourth-order valence-electron chi connectivity index (χ4n) is 2.27. The Hall–Kier alpha value is -0.603. The van der Waals surface area contributed by atoms with Crippen LogP contribution in [0.3, 0.4) is 0 Å². The summed E-state index contributed by atoms with van der Waals surface area (Å²) >= 11 is 0. The molecule has 0 amide bonds. The van der Waals surface area contributed by atoms with Crippen molar-refractivity contribution in [2.24, 2.45) is 0 Å². The zero-order chi connectivity index (χ0) is 11.1. The van der Waals surface area contributed by atoms with Crippen LogP contribution < -0.4 is 5.19 Å². The average Bonchev–Trinajstić information content (AvgIpc) is 2.95. The van der Waals surface area contributed by atoms with E-state index in [2.05, 4.69) is 57.3 Å². The quantitative estimate of drug-likeness (QED) is 0.564. The summed E-state index contributed by atoms with van der Waals surface area (Å²) in [4.78, 5) is 0. The second-order valence-electron chi connectivity index (χ2n) is 5.18. The van der Waals surface area contributed by atoms with E-state index in [1.165, 1.54) is 0 Å². The first-order valence-corrected chi connectivity index (χ1v) is 8.82. The minimum absolute atomic E-state index is 0.482. The first-order chi connectivity index (χ1) is 7.03. The lowest BCUT2D eigenvalue weighted by Gasteiger charge is -2.29. The summed E-state index contributed by atoms with van der Waals surface area (Å²) in [5.74, 6) is 0. The Balaban J connectivity index is 2.19. The molecule has 1 saturated heterocycles. The molecule has 1 nitrogen and oxygen atoms in total. The van der Waals surface area contributed by atoms with Crippen LogP contribution in [0.15, 0.2) is 30.3 Å². The zero-order valence-corrected chi connectivity index (χ0v) is 11.0. The molecule has 0 radical (unpaired) electrons. The van der Waals surface area contributed by atoms with Gasteiger partial charge in [0.05, 0.1) is 20.3 Å². The fourth-order valence-corrected chi connectivity index (χ4v) is 5.02. The van der Waals surface area contributed by atoms with Crippen LogP contribution in [0.25, 0.3) is 0 Å². The molecule has 1 heterocycles. The largest absolute Gasteiger partial charge is 0.370 e. The van der Waals surface area contributed by atoms with Crippen LogP contribution in [0.1, 0.15) is 13.8 Å². The maximum atomic E-state index is 5.62. The van der Waals surface area contributed by atoms with Crippen LogP contribution >= 0.6 is 0 Å². The molecule has 1 fully saturated rings. The van der Waals surface area contributed by atoms with E-state index in [0.29, 0.717) is 17.7 Å². The Morgan fingerprint density at radius 2 is 1.73 bits per heavy atom. The van der Waals surface area contributed by atoms with Gasteiger partial charge in [-0.05, 0) is 12.5 Å². The minimum atomic E-state index is -1.35. The van der Waals surface area contributed by atoms with Gasteiger partial charge in [-0.25, -0.2) is 0 Å². The molecule has 1 aromatic carbocycles. The molecule has 0 bridgehead atoms. The maximum absolute atomic E-state index is 5.62. The molecule has 2 heteroatoms. The van der Waals surface area contributed by atoms with E-state index >= 15 is 0 Å². The van der Waals surface area contributed by atoms with E-state index in [4.69, 9.17) is 4.74 Å². The van der Waals surface area contributed by atoms with E-state index in [1.54, 1.807) is 5.19 Å². The lowest BCUT2D eigenvalue weighted by Crippen LogP contribution is -2.47. The maximum Gasteiger partial charge on any atom is 0.0860 e. The predicted molar refractivity (Wildman–Crippen MR) is 67.3 cm³/mol. The molecule has 0 aliphatic carbocycles. The number of ether oxygens (including phenoxy) is 1. The van der Waals surface area contributed by atoms with Crippen molar-refractivity contribution in [3.63, 3.8) is 0 Å². The summed E-state index contributed by atoms with van der Waals surface area (Å²) in [5, 5.41) is 1.54. The molecule has 0 unspecified atom stereocenters. The van der Waals surface area contributed by atoms with Gasteiger partial charge in [0.15, 0.2) is 0 Å². The molecule has 0 spiro atoms. The van der Waals surface area contributed by atoms with E-state index in [9.17, 15) is 0 Å². The number of epoxide rings is 1. The molecule has 2 rings (SSSR count). The molecule has 1 aliphatic heterocycles. The lowest BCUT2D eigenvalue weighted by atomic mass is 10.3. The predicted octanol–water partition coefficient (Wildman–Crippen LogP) is 2.78. The van der Waals surface area contributed by atoms with Gasteiger partial charge in [-0.3, -0.25) is 0 Å². The summed E-state index contributed by atoms with van der Waals surface area (Å²) in [6.07, 6.45) is 0.988. The van der Waals surface area contributed by atoms with Crippen molar-refractivity contribution in [1.82, 2.24) is 0 Å². The SMILES string of the molecule is C[C@H]1O[C@@H]1[C@H](C)[Si](C)(C)c1ccccc1. The van der Waals surface area contributed by atoms with E-state index < -0.39 is 8.07 Å². The number of hydrogen-bond acceptors (Lipinski definition) is 1. The highest BCUT2D eigenvalue weighted by Gasteiger charge is 2.46. The highest BCUT2D eigenvalue weighted by atomic mass is 28.3. The van der Waals surface area contributed by atoms with Crippen LogP contribution in [0.2, 0.25) is 18.6 Å². The van der Waals surface area contributed by atoms with Gasteiger partial charge in [0.25, 0.3) is 0 Å². The lowest BCUT2D eigenvalue weighted by molar-refractivity contribution is 0.373. The molecular formula is C13H20OSi. The molecule has 0 N–H and O–H groups in total. The third-order valence-corrected chi connectivity index (χ3v) is 8.33. The smallest absolute Gasteiger partial charge is 0.0860 e. The molecule has 82 valence electrons. The molecule has 1 aromatic rings. The summed E-state index contributed by atoms with van der Waals surface area (Å²) in [5.41, 5.74) is 0.704.